The number of thiazole rings is 1. The Hall–Kier alpha value is -0.940. The first-order chi connectivity index (χ1) is 10.5. The molecular weight excluding hydrogens is 294 g/mol. The molecule has 3 atom stereocenters. The summed E-state index contributed by atoms with van der Waals surface area (Å²) in [7, 11) is 0. The maximum absolute atomic E-state index is 12.4. The third kappa shape index (κ3) is 3.51. The van der Waals surface area contributed by atoms with Gasteiger partial charge >= 0.3 is 0 Å². The Bertz CT molecular complexity index is 528. The van der Waals surface area contributed by atoms with E-state index < -0.39 is 0 Å². The second-order valence-corrected chi connectivity index (χ2v) is 8.20. The van der Waals surface area contributed by atoms with Crippen molar-refractivity contribution >= 4 is 17.2 Å². The Morgan fingerprint density at radius 2 is 2.27 bits per heavy atom. The van der Waals surface area contributed by atoms with Crippen molar-refractivity contribution in [3.8, 4) is 0 Å². The lowest BCUT2D eigenvalue weighted by atomic mass is 9.92. The first-order valence-corrected chi connectivity index (χ1v) is 9.37. The number of nitrogens with one attached hydrogen (secondary N) is 1. The molecule has 0 radical (unpaired) electrons. The van der Waals surface area contributed by atoms with Crippen LogP contribution in [-0.2, 0) is 11.3 Å². The van der Waals surface area contributed by atoms with Gasteiger partial charge in [0, 0.05) is 24.5 Å². The molecule has 122 valence electrons. The lowest BCUT2D eigenvalue weighted by molar-refractivity contribution is -0.127. The number of hydrogen-bond donors (Lipinski definition) is 1. The van der Waals surface area contributed by atoms with Gasteiger partial charge in [-0.25, -0.2) is 4.98 Å². The highest BCUT2D eigenvalue weighted by atomic mass is 32.1. The zero-order chi connectivity index (χ0) is 15.7. The molecular formula is C17H27N3OS. The van der Waals surface area contributed by atoms with E-state index in [-0.39, 0.29) is 11.8 Å². The van der Waals surface area contributed by atoms with Crippen molar-refractivity contribution in [3.63, 3.8) is 0 Å². The van der Waals surface area contributed by atoms with Crippen LogP contribution in [0.5, 0.6) is 0 Å². The van der Waals surface area contributed by atoms with Crippen molar-refractivity contribution in [2.24, 2.45) is 11.8 Å². The molecule has 2 aliphatic rings. The van der Waals surface area contributed by atoms with Crippen LogP contribution in [0.4, 0.5) is 0 Å². The van der Waals surface area contributed by atoms with Gasteiger partial charge in [0.2, 0.25) is 5.91 Å². The number of rotatable bonds is 4. The van der Waals surface area contributed by atoms with Gasteiger partial charge in [0.25, 0.3) is 0 Å². The van der Waals surface area contributed by atoms with Crippen LogP contribution in [0.3, 0.4) is 0 Å². The van der Waals surface area contributed by atoms with Crippen molar-refractivity contribution in [1.82, 2.24) is 15.2 Å². The van der Waals surface area contributed by atoms with Gasteiger partial charge in [-0.05, 0) is 31.1 Å². The van der Waals surface area contributed by atoms with Crippen LogP contribution in [0.1, 0.15) is 56.7 Å². The number of aromatic nitrogens is 1. The fraction of sp³-hybridized carbons (Fsp3) is 0.765. The van der Waals surface area contributed by atoms with Gasteiger partial charge in [-0.3, -0.25) is 9.69 Å². The normalized spacial score (nSPS) is 28.8. The molecule has 3 heterocycles. The number of hydrogen-bond acceptors (Lipinski definition) is 4. The summed E-state index contributed by atoms with van der Waals surface area (Å²) in [4.78, 5) is 19.5. The van der Waals surface area contributed by atoms with Crippen LogP contribution in [0.25, 0.3) is 0 Å². The van der Waals surface area contributed by atoms with E-state index in [9.17, 15) is 4.79 Å². The minimum atomic E-state index is 0.158. The number of nitrogens with zero attached hydrogens (tertiary/aromatic N) is 2. The molecule has 0 saturated carbocycles. The summed E-state index contributed by atoms with van der Waals surface area (Å²) in [5.74, 6) is 1.61. The molecule has 3 unspecified atom stereocenters. The predicted octanol–water partition coefficient (Wildman–Crippen LogP) is 3.00. The third-order valence-corrected chi connectivity index (χ3v) is 5.85. The van der Waals surface area contributed by atoms with E-state index in [2.05, 4.69) is 41.4 Å². The average molecular weight is 321 g/mol. The Morgan fingerprint density at radius 1 is 1.45 bits per heavy atom. The summed E-state index contributed by atoms with van der Waals surface area (Å²) < 4.78 is 0. The van der Waals surface area contributed by atoms with Gasteiger partial charge in [0.15, 0.2) is 0 Å². The molecule has 5 heteroatoms. The Kier molecular flexibility index (Phi) is 4.83. The van der Waals surface area contributed by atoms with E-state index in [1.807, 2.05) is 0 Å². The van der Waals surface area contributed by atoms with E-state index in [4.69, 9.17) is 0 Å². The summed E-state index contributed by atoms with van der Waals surface area (Å²) in [5.41, 5.74) is 1.13. The molecule has 0 aromatic carbocycles. The number of carbonyl (C=O) groups is 1. The van der Waals surface area contributed by atoms with E-state index in [0.717, 1.165) is 35.6 Å². The van der Waals surface area contributed by atoms with Gasteiger partial charge in [-0.2, -0.15) is 0 Å². The van der Waals surface area contributed by atoms with E-state index in [1.54, 1.807) is 11.3 Å². The minimum Gasteiger partial charge on any atom is -0.349 e. The molecule has 2 fully saturated rings. The van der Waals surface area contributed by atoms with Crippen molar-refractivity contribution in [1.29, 1.82) is 0 Å². The second kappa shape index (κ2) is 6.67. The van der Waals surface area contributed by atoms with Crippen LogP contribution in [0.15, 0.2) is 5.38 Å². The summed E-state index contributed by atoms with van der Waals surface area (Å²) in [5, 5.41) is 6.21. The first-order valence-electron chi connectivity index (χ1n) is 8.49. The van der Waals surface area contributed by atoms with Crippen LogP contribution in [0, 0.1) is 11.8 Å². The van der Waals surface area contributed by atoms with Gasteiger partial charge < -0.3 is 5.32 Å². The van der Waals surface area contributed by atoms with Crippen LogP contribution in [0.2, 0.25) is 0 Å². The fourth-order valence-corrected chi connectivity index (χ4v) is 4.62. The van der Waals surface area contributed by atoms with E-state index in [1.165, 1.54) is 19.4 Å². The lowest BCUT2D eigenvalue weighted by Gasteiger charge is -2.34. The topological polar surface area (TPSA) is 45.2 Å². The van der Waals surface area contributed by atoms with Gasteiger partial charge in [0.1, 0.15) is 5.01 Å². The monoisotopic (exact) mass is 321 g/mol. The number of amides is 1. The molecule has 1 amide bonds. The molecule has 1 aromatic heterocycles. The first kappa shape index (κ1) is 15.9. The zero-order valence-electron chi connectivity index (χ0n) is 13.8. The predicted molar refractivity (Wildman–Crippen MR) is 89.9 cm³/mol. The quantitative estimate of drug-likeness (QED) is 0.927. The highest BCUT2D eigenvalue weighted by Gasteiger charge is 2.37. The summed E-state index contributed by atoms with van der Waals surface area (Å²) in [6.45, 7) is 9.29. The van der Waals surface area contributed by atoms with Crippen LogP contribution >= 0.6 is 11.3 Å². The van der Waals surface area contributed by atoms with Crippen molar-refractivity contribution in [2.45, 2.75) is 58.5 Å². The number of fused-ring (bicyclic) bond motifs is 1. The lowest BCUT2D eigenvalue weighted by Crippen LogP contribution is -2.45. The van der Waals surface area contributed by atoms with Crippen LogP contribution in [-0.4, -0.2) is 34.9 Å². The molecule has 0 bridgehead atoms. The third-order valence-electron chi connectivity index (χ3n) is 4.99. The second-order valence-electron chi connectivity index (χ2n) is 7.26. The van der Waals surface area contributed by atoms with Gasteiger partial charge in [-0.15, -0.1) is 11.3 Å². The minimum absolute atomic E-state index is 0.158. The largest absolute Gasteiger partial charge is 0.349 e. The molecule has 22 heavy (non-hydrogen) atoms. The number of carbonyl (C=O) groups excluding carboxylic acids is 1. The molecule has 0 spiro atoms. The standard InChI is InChI=1S/C17H27N3OS/c1-11(2)15-10-22-16(19-15)7-18-17(21)13-4-5-14-6-12(3)8-20(14)9-13/h10-14H,4-9H2,1-3H3,(H,18,21). The molecule has 2 aliphatic heterocycles. The highest BCUT2D eigenvalue weighted by molar-refractivity contribution is 7.09. The smallest absolute Gasteiger partial charge is 0.224 e. The average Bonchev–Trinajstić information content (AvgIpc) is 3.09. The van der Waals surface area contributed by atoms with Crippen molar-refractivity contribution in [2.75, 3.05) is 13.1 Å². The Morgan fingerprint density at radius 3 is 3.00 bits per heavy atom. The maximum atomic E-state index is 12.4. The molecule has 0 aliphatic carbocycles. The van der Waals surface area contributed by atoms with Gasteiger partial charge in [-0.1, -0.05) is 20.8 Å². The van der Waals surface area contributed by atoms with Crippen LogP contribution < -0.4 is 5.32 Å². The molecule has 4 nitrogen and oxygen atoms in total. The fourth-order valence-electron chi connectivity index (χ4n) is 3.72. The molecule has 2 saturated heterocycles. The van der Waals surface area contributed by atoms with Crippen molar-refractivity contribution in [3.05, 3.63) is 16.1 Å². The molecule has 1 N–H and O–H groups in total. The van der Waals surface area contributed by atoms with E-state index >= 15 is 0 Å². The maximum Gasteiger partial charge on any atom is 0.224 e. The highest BCUT2D eigenvalue weighted by Crippen LogP contribution is 2.32. The summed E-state index contributed by atoms with van der Waals surface area (Å²) in [6.07, 6.45) is 3.53. The Labute approximate surface area is 137 Å². The van der Waals surface area contributed by atoms with Crippen molar-refractivity contribution < 1.29 is 4.79 Å². The number of piperidine rings is 1. The summed E-state index contributed by atoms with van der Waals surface area (Å²) in [6, 6.07) is 0.728. The molecule has 1 aromatic rings. The van der Waals surface area contributed by atoms with Gasteiger partial charge in [0.05, 0.1) is 18.2 Å². The Balaban J connectivity index is 1.49. The SMILES string of the molecule is CC1CC2CCC(C(=O)NCc3nc(C(C)C)cs3)CN2C1. The molecule has 3 rings (SSSR count). The zero-order valence-corrected chi connectivity index (χ0v) is 14.7. The van der Waals surface area contributed by atoms with E-state index in [0.29, 0.717) is 12.5 Å². The summed E-state index contributed by atoms with van der Waals surface area (Å²) >= 11 is 1.65.